The fourth-order valence-electron chi connectivity index (χ4n) is 5.72. The molecule has 7 rings (SSSR count). The highest BCUT2D eigenvalue weighted by Gasteiger charge is 2.22. The average molecular weight is 419 g/mol. The average Bonchev–Trinajstić information content (AvgIpc) is 3.21. The molecule has 0 amide bonds. The Hall–Kier alpha value is -4.16. The Morgan fingerprint density at radius 3 is 1.58 bits per heavy atom. The van der Waals surface area contributed by atoms with Crippen LogP contribution in [-0.2, 0) is 0 Å². The summed E-state index contributed by atoms with van der Waals surface area (Å²) in [5, 5.41) is 5.36. The summed E-state index contributed by atoms with van der Waals surface area (Å²) in [6.07, 6.45) is 0. The maximum atomic E-state index is 2.32. The third kappa shape index (κ3) is 2.58. The Bertz CT molecular complexity index is 1680. The highest BCUT2D eigenvalue weighted by atomic mass is 14.3. The summed E-state index contributed by atoms with van der Waals surface area (Å²) >= 11 is 0. The minimum Gasteiger partial charge on any atom is -0.0622 e. The van der Waals surface area contributed by atoms with Crippen molar-refractivity contribution in [2.75, 3.05) is 0 Å². The van der Waals surface area contributed by atoms with E-state index in [-0.39, 0.29) is 0 Å². The zero-order valence-electron chi connectivity index (χ0n) is 18.5. The molecule has 0 heteroatoms. The van der Waals surface area contributed by atoms with Gasteiger partial charge in [0.15, 0.2) is 0 Å². The second kappa shape index (κ2) is 6.92. The smallest absolute Gasteiger partial charge is 0.00201 e. The van der Waals surface area contributed by atoms with Crippen LogP contribution in [0.25, 0.3) is 66.1 Å². The first-order valence-corrected chi connectivity index (χ1v) is 11.5. The van der Waals surface area contributed by atoms with Gasteiger partial charge in [0.1, 0.15) is 0 Å². The molecule has 33 heavy (non-hydrogen) atoms. The van der Waals surface area contributed by atoms with E-state index in [0.717, 1.165) is 0 Å². The minimum absolute atomic E-state index is 1.26. The number of aryl methyl sites for hydroxylation is 1. The summed E-state index contributed by atoms with van der Waals surface area (Å²) in [6, 6.07) is 42.2. The van der Waals surface area contributed by atoms with Crippen LogP contribution in [0.15, 0.2) is 115 Å². The summed E-state index contributed by atoms with van der Waals surface area (Å²) in [6.45, 7) is 2.22. The first-order valence-electron chi connectivity index (χ1n) is 11.5. The number of hydrogen-bond acceptors (Lipinski definition) is 0. The van der Waals surface area contributed by atoms with Crippen LogP contribution in [0.5, 0.6) is 0 Å². The van der Waals surface area contributed by atoms with E-state index >= 15 is 0 Å². The molecule has 0 saturated carbocycles. The van der Waals surface area contributed by atoms with Gasteiger partial charge in [-0.05, 0) is 78.5 Å². The Labute approximate surface area is 193 Å². The lowest BCUT2D eigenvalue weighted by molar-refractivity contribution is 1.52. The van der Waals surface area contributed by atoms with Gasteiger partial charge in [-0.15, -0.1) is 0 Å². The zero-order chi connectivity index (χ0) is 21.9. The molecule has 0 fully saturated rings. The lowest BCUT2D eigenvalue weighted by Gasteiger charge is -2.16. The Balaban J connectivity index is 1.55. The van der Waals surface area contributed by atoms with Crippen LogP contribution in [0.3, 0.4) is 0 Å². The molecule has 6 aromatic carbocycles. The minimum atomic E-state index is 1.26. The lowest BCUT2D eigenvalue weighted by Crippen LogP contribution is -1.90. The molecule has 1 aliphatic rings. The van der Waals surface area contributed by atoms with Crippen LogP contribution in [-0.4, -0.2) is 0 Å². The Kier molecular flexibility index (Phi) is 3.86. The van der Waals surface area contributed by atoms with Crippen molar-refractivity contribution < 1.29 is 0 Å². The SMILES string of the molecule is Cc1ccc(-c2ccc3c4c(cccc24)-c2ccccc2-3)c2cccc(-c3ccccc3)c12. The van der Waals surface area contributed by atoms with Crippen LogP contribution >= 0.6 is 0 Å². The Morgan fingerprint density at radius 1 is 0.333 bits per heavy atom. The molecule has 0 aromatic heterocycles. The quantitative estimate of drug-likeness (QED) is 0.262. The van der Waals surface area contributed by atoms with E-state index in [0.29, 0.717) is 0 Å². The van der Waals surface area contributed by atoms with Crippen molar-refractivity contribution in [1.82, 2.24) is 0 Å². The van der Waals surface area contributed by atoms with Crippen molar-refractivity contribution in [3.63, 3.8) is 0 Å². The molecule has 0 unspecified atom stereocenters. The van der Waals surface area contributed by atoms with Crippen molar-refractivity contribution in [2.45, 2.75) is 6.92 Å². The van der Waals surface area contributed by atoms with Crippen molar-refractivity contribution >= 4 is 21.5 Å². The molecule has 0 heterocycles. The number of fused-ring (bicyclic) bond motifs is 4. The molecule has 154 valence electrons. The standard InChI is InChI=1S/C33H22/c1-21-17-18-26(28-14-7-13-23(32(21)28)22-9-3-2-4-10-22)27-19-20-31-25-12-6-5-11-24(25)29-15-8-16-30(27)33(29)31/h2-20H,1H3. The topological polar surface area (TPSA) is 0 Å². The lowest BCUT2D eigenvalue weighted by atomic mass is 9.88. The van der Waals surface area contributed by atoms with Gasteiger partial charge in [0.25, 0.3) is 0 Å². The first-order chi connectivity index (χ1) is 16.3. The van der Waals surface area contributed by atoms with Crippen molar-refractivity contribution in [1.29, 1.82) is 0 Å². The van der Waals surface area contributed by atoms with E-state index in [2.05, 4.69) is 122 Å². The molecule has 0 radical (unpaired) electrons. The van der Waals surface area contributed by atoms with Crippen molar-refractivity contribution in [3.8, 4) is 44.5 Å². The zero-order valence-corrected chi connectivity index (χ0v) is 18.5. The highest BCUT2D eigenvalue weighted by Crippen LogP contribution is 2.50. The van der Waals surface area contributed by atoms with Gasteiger partial charge in [0, 0.05) is 0 Å². The molecular formula is C33H22. The molecule has 6 aromatic rings. The first kappa shape index (κ1) is 18.4. The molecule has 0 spiro atoms. The number of hydrogen-bond donors (Lipinski definition) is 0. The highest BCUT2D eigenvalue weighted by molar-refractivity contribution is 6.20. The molecule has 0 nitrogen and oxygen atoms in total. The normalized spacial score (nSPS) is 11.8. The van der Waals surface area contributed by atoms with Crippen LogP contribution < -0.4 is 0 Å². The van der Waals surface area contributed by atoms with Gasteiger partial charge in [0.2, 0.25) is 0 Å². The second-order valence-corrected chi connectivity index (χ2v) is 8.96. The molecular weight excluding hydrogens is 396 g/mol. The monoisotopic (exact) mass is 418 g/mol. The van der Waals surface area contributed by atoms with E-state index < -0.39 is 0 Å². The summed E-state index contributed by atoms with van der Waals surface area (Å²) < 4.78 is 0. The van der Waals surface area contributed by atoms with E-state index in [1.54, 1.807) is 0 Å². The fraction of sp³-hybridized carbons (Fsp3) is 0.0303. The van der Waals surface area contributed by atoms with E-state index in [9.17, 15) is 0 Å². The molecule has 1 aliphatic carbocycles. The summed E-state index contributed by atoms with van der Waals surface area (Å²) in [5.41, 5.74) is 11.9. The number of rotatable bonds is 2. The molecule has 0 saturated heterocycles. The molecule has 0 N–H and O–H groups in total. The molecule has 0 bridgehead atoms. The predicted octanol–water partition coefficient (Wildman–Crippen LogP) is 9.28. The van der Waals surface area contributed by atoms with Gasteiger partial charge in [-0.2, -0.15) is 0 Å². The van der Waals surface area contributed by atoms with Crippen molar-refractivity contribution in [2.24, 2.45) is 0 Å². The fourth-order valence-corrected chi connectivity index (χ4v) is 5.72. The van der Waals surface area contributed by atoms with E-state index in [1.165, 1.54) is 71.6 Å². The Morgan fingerprint density at radius 2 is 0.848 bits per heavy atom. The van der Waals surface area contributed by atoms with Gasteiger partial charge < -0.3 is 0 Å². The van der Waals surface area contributed by atoms with Gasteiger partial charge in [0.05, 0.1) is 0 Å². The number of benzene rings is 6. The van der Waals surface area contributed by atoms with E-state index in [4.69, 9.17) is 0 Å². The maximum absolute atomic E-state index is 2.32. The van der Waals surface area contributed by atoms with Crippen LogP contribution in [0.2, 0.25) is 0 Å². The van der Waals surface area contributed by atoms with Crippen molar-refractivity contribution in [3.05, 3.63) is 121 Å². The van der Waals surface area contributed by atoms with Gasteiger partial charge in [-0.25, -0.2) is 0 Å². The third-order valence-corrected chi connectivity index (χ3v) is 7.17. The summed E-state index contributed by atoms with van der Waals surface area (Å²) in [4.78, 5) is 0. The molecule has 0 atom stereocenters. The van der Waals surface area contributed by atoms with Crippen LogP contribution in [0, 0.1) is 6.92 Å². The second-order valence-electron chi connectivity index (χ2n) is 8.96. The van der Waals surface area contributed by atoms with Gasteiger partial charge in [-0.1, -0.05) is 115 Å². The van der Waals surface area contributed by atoms with Gasteiger partial charge >= 0.3 is 0 Å². The largest absolute Gasteiger partial charge is 0.0622 e. The van der Waals surface area contributed by atoms with Gasteiger partial charge in [-0.3, -0.25) is 0 Å². The maximum Gasteiger partial charge on any atom is -0.00201 e. The van der Waals surface area contributed by atoms with Crippen LogP contribution in [0.1, 0.15) is 5.56 Å². The van der Waals surface area contributed by atoms with E-state index in [1.807, 2.05) is 0 Å². The summed E-state index contributed by atoms with van der Waals surface area (Å²) in [5.74, 6) is 0. The third-order valence-electron chi connectivity index (χ3n) is 7.17. The summed E-state index contributed by atoms with van der Waals surface area (Å²) in [7, 11) is 0. The predicted molar refractivity (Wildman–Crippen MR) is 141 cm³/mol. The van der Waals surface area contributed by atoms with Crippen LogP contribution in [0.4, 0.5) is 0 Å². The molecule has 0 aliphatic heterocycles.